The summed E-state index contributed by atoms with van der Waals surface area (Å²) in [6, 6.07) is 3.92. The Balaban J connectivity index is 1.76. The number of rotatable bonds is 6. The number of aliphatic hydroxyl groups is 1. The highest BCUT2D eigenvalue weighted by atomic mass is 16.5. The van der Waals surface area contributed by atoms with E-state index in [0.717, 1.165) is 31.4 Å². The Morgan fingerprint density at radius 2 is 2.15 bits per heavy atom. The van der Waals surface area contributed by atoms with Crippen LogP contribution in [0, 0.1) is 5.92 Å². The SMILES string of the molecule is CCOC(=O)c1ccc(CNC2CCC(CO)CC2)o1. The minimum Gasteiger partial charge on any atom is -0.460 e. The molecule has 0 radical (unpaired) electrons. The van der Waals surface area contributed by atoms with Gasteiger partial charge in [0.05, 0.1) is 13.2 Å². The van der Waals surface area contributed by atoms with Crippen molar-refractivity contribution in [3.05, 3.63) is 23.7 Å². The second-order valence-corrected chi connectivity index (χ2v) is 5.27. The molecule has 1 aromatic rings. The van der Waals surface area contributed by atoms with Crippen LogP contribution in [0.15, 0.2) is 16.5 Å². The molecule has 0 bridgehead atoms. The smallest absolute Gasteiger partial charge is 0.374 e. The number of ether oxygens (including phenoxy) is 1. The number of furan rings is 1. The number of aliphatic hydroxyl groups excluding tert-OH is 1. The van der Waals surface area contributed by atoms with E-state index in [1.54, 1.807) is 19.1 Å². The highest BCUT2D eigenvalue weighted by Crippen LogP contribution is 2.24. The van der Waals surface area contributed by atoms with Crippen LogP contribution in [-0.2, 0) is 11.3 Å². The zero-order chi connectivity index (χ0) is 14.4. The van der Waals surface area contributed by atoms with Gasteiger partial charge in [-0.1, -0.05) is 0 Å². The van der Waals surface area contributed by atoms with Crippen LogP contribution in [0.1, 0.15) is 48.9 Å². The molecule has 0 unspecified atom stereocenters. The summed E-state index contributed by atoms with van der Waals surface area (Å²) in [5, 5.41) is 12.5. The third kappa shape index (κ3) is 4.08. The molecule has 2 rings (SSSR count). The third-order valence-corrected chi connectivity index (χ3v) is 3.81. The van der Waals surface area contributed by atoms with Crippen LogP contribution in [0.3, 0.4) is 0 Å². The largest absolute Gasteiger partial charge is 0.460 e. The van der Waals surface area contributed by atoms with Gasteiger partial charge in [-0.25, -0.2) is 4.79 Å². The van der Waals surface area contributed by atoms with Crippen molar-refractivity contribution in [2.24, 2.45) is 5.92 Å². The molecule has 0 aromatic carbocycles. The van der Waals surface area contributed by atoms with Crippen LogP contribution in [0.4, 0.5) is 0 Å². The molecule has 0 saturated heterocycles. The summed E-state index contributed by atoms with van der Waals surface area (Å²) >= 11 is 0. The fourth-order valence-electron chi connectivity index (χ4n) is 2.58. The molecule has 0 amide bonds. The molecule has 2 N–H and O–H groups in total. The Kier molecular flexibility index (Phi) is 5.61. The number of esters is 1. The van der Waals surface area contributed by atoms with Crippen molar-refractivity contribution < 1.29 is 19.1 Å². The van der Waals surface area contributed by atoms with Crippen LogP contribution >= 0.6 is 0 Å². The van der Waals surface area contributed by atoms with E-state index < -0.39 is 5.97 Å². The minimum absolute atomic E-state index is 0.257. The molecule has 1 aliphatic carbocycles. The van der Waals surface area contributed by atoms with Crippen molar-refractivity contribution in [3.8, 4) is 0 Å². The molecule has 1 saturated carbocycles. The first-order valence-electron chi connectivity index (χ1n) is 7.33. The van der Waals surface area contributed by atoms with E-state index in [1.807, 2.05) is 0 Å². The quantitative estimate of drug-likeness (QED) is 0.781. The Morgan fingerprint density at radius 1 is 1.40 bits per heavy atom. The maximum Gasteiger partial charge on any atom is 0.374 e. The number of hydrogen-bond donors (Lipinski definition) is 2. The highest BCUT2D eigenvalue weighted by Gasteiger charge is 2.20. The van der Waals surface area contributed by atoms with Crippen molar-refractivity contribution in [2.75, 3.05) is 13.2 Å². The van der Waals surface area contributed by atoms with E-state index in [0.29, 0.717) is 31.7 Å². The topological polar surface area (TPSA) is 71.7 Å². The second-order valence-electron chi connectivity index (χ2n) is 5.27. The molecule has 0 atom stereocenters. The predicted molar refractivity (Wildman–Crippen MR) is 74.3 cm³/mol. The lowest BCUT2D eigenvalue weighted by molar-refractivity contribution is 0.0487. The van der Waals surface area contributed by atoms with E-state index in [-0.39, 0.29) is 5.76 Å². The second kappa shape index (κ2) is 7.45. The number of nitrogens with one attached hydrogen (secondary N) is 1. The summed E-state index contributed by atoms with van der Waals surface area (Å²) in [4.78, 5) is 11.5. The number of hydrogen-bond acceptors (Lipinski definition) is 5. The summed E-state index contributed by atoms with van der Waals surface area (Å²) in [6.45, 7) is 3.04. The Morgan fingerprint density at radius 3 is 2.80 bits per heavy atom. The number of carbonyl (C=O) groups is 1. The van der Waals surface area contributed by atoms with E-state index in [4.69, 9.17) is 14.3 Å². The lowest BCUT2D eigenvalue weighted by Crippen LogP contribution is -2.33. The summed E-state index contributed by atoms with van der Waals surface area (Å²) < 4.78 is 10.3. The average molecular weight is 281 g/mol. The molecule has 1 aliphatic rings. The first-order chi connectivity index (χ1) is 9.72. The Hall–Kier alpha value is -1.33. The van der Waals surface area contributed by atoms with Gasteiger partial charge in [0.1, 0.15) is 5.76 Å². The van der Waals surface area contributed by atoms with Gasteiger partial charge in [-0.05, 0) is 50.7 Å². The molecule has 20 heavy (non-hydrogen) atoms. The third-order valence-electron chi connectivity index (χ3n) is 3.81. The van der Waals surface area contributed by atoms with Gasteiger partial charge >= 0.3 is 5.97 Å². The van der Waals surface area contributed by atoms with Gasteiger partial charge < -0.3 is 19.6 Å². The fraction of sp³-hybridized carbons (Fsp3) is 0.667. The molecule has 5 nitrogen and oxygen atoms in total. The standard InChI is InChI=1S/C15H23NO4/c1-2-19-15(18)14-8-7-13(20-14)9-16-12-5-3-11(10-17)4-6-12/h7-8,11-12,16-17H,2-6,9-10H2,1H3. The summed E-state index contributed by atoms with van der Waals surface area (Å²) in [5.41, 5.74) is 0. The van der Waals surface area contributed by atoms with Crippen LogP contribution < -0.4 is 5.32 Å². The van der Waals surface area contributed by atoms with Crippen LogP contribution in [-0.4, -0.2) is 30.3 Å². The molecule has 0 aliphatic heterocycles. The zero-order valence-corrected chi connectivity index (χ0v) is 11.9. The van der Waals surface area contributed by atoms with Crippen LogP contribution in [0.2, 0.25) is 0 Å². The van der Waals surface area contributed by atoms with Crippen LogP contribution in [0.25, 0.3) is 0 Å². The van der Waals surface area contributed by atoms with Gasteiger partial charge in [0, 0.05) is 12.6 Å². The molecular formula is C15H23NO4. The molecule has 0 spiro atoms. The molecule has 1 fully saturated rings. The van der Waals surface area contributed by atoms with Crippen molar-refractivity contribution in [2.45, 2.75) is 45.2 Å². The van der Waals surface area contributed by atoms with Gasteiger partial charge in [0.2, 0.25) is 5.76 Å². The molecule has 1 aromatic heterocycles. The monoisotopic (exact) mass is 281 g/mol. The maximum absolute atomic E-state index is 11.5. The summed E-state index contributed by atoms with van der Waals surface area (Å²) in [6.07, 6.45) is 4.30. The first-order valence-corrected chi connectivity index (χ1v) is 7.33. The molecule has 5 heteroatoms. The number of carbonyl (C=O) groups excluding carboxylic acids is 1. The average Bonchev–Trinajstić information content (AvgIpc) is 2.95. The van der Waals surface area contributed by atoms with E-state index >= 15 is 0 Å². The van der Waals surface area contributed by atoms with Crippen molar-refractivity contribution in [1.29, 1.82) is 0 Å². The molecule has 1 heterocycles. The van der Waals surface area contributed by atoms with Crippen LogP contribution in [0.5, 0.6) is 0 Å². The normalized spacial score (nSPS) is 22.7. The van der Waals surface area contributed by atoms with Gasteiger partial charge in [-0.15, -0.1) is 0 Å². The predicted octanol–water partition coefficient (Wildman–Crippen LogP) is 2.10. The van der Waals surface area contributed by atoms with Gasteiger partial charge in [0.25, 0.3) is 0 Å². The molecule has 112 valence electrons. The van der Waals surface area contributed by atoms with E-state index in [9.17, 15) is 4.79 Å². The Bertz CT molecular complexity index is 421. The maximum atomic E-state index is 11.5. The van der Waals surface area contributed by atoms with Crippen molar-refractivity contribution in [3.63, 3.8) is 0 Å². The van der Waals surface area contributed by atoms with Crippen molar-refractivity contribution >= 4 is 5.97 Å². The van der Waals surface area contributed by atoms with Gasteiger partial charge in [0.15, 0.2) is 0 Å². The van der Waals surface area contributed by atoms with Crippen molar-refractivity contribution in [1.82, 2.24) is 5.32 Å². The fourth-order valence-corrected chi connectivity index (χ4v) is 2.58. The zero-order valence-electron chi connectivity index (χ0n) is 11.9. The minimum atomic E-state index is -0.415. The summed E-state index contributed by atoms with van der Waals surface area (Å²) in [5.74, 6) is 1.05. The van der Waals surface area contributed by atoms with E-state index in [1.165, 1.54) is 0 Å². The summed E-state index contributed by atoms with van der Waals surface area (Å²) in [7, 11) is 0. The molecular weight excluding hydrogens is 258 g/mol. The lowest BCUT2D eigenvalue weighted by atomic mass is 9.86. The first kappa shape index (κ1) is 15.1. The Labute approximate surface area is 119 Å². The van der Waals surface area contributed by atoms with E-state index in [2.05, 4.69) is 5.32 Å². The van der Waals surface area contributed by atoms with Gasteiger partial charge in [-0.3, -0.25) is 0 Å². The lowest BCUT2D eigenvalue weighted by Gasteiger charge is -2.27. The highest BCUT2D eigenvalue weighted by molar-refractivity contribution is 5.86. The van der Waals surface area contributed by atoms with Gasteiger partial charge in [-0.2, -0.15) is 0 Å².